The van der Waals surface area contributed by atoms with Crippen LogP contribution in [0.1, 0.15) is 21.6 Å². The third-order valence-electron chi connectivity index (χ3n) is 6.92. The van der Waals surface area contributed by atoms with Gasteiger partial charge in [-0.1, -0.05) is 18.2 Å². The molecule has 1 fully saturated rings. The molecule has 6 rings (SSSR count). The summed E-state index contributed by atoms with van der Waals surface area (Å²) < 4.78 is 1.87. The fourth-order valence-electron chi connectivity index (χ4n) is 4.80. The van der Waals surface area contributed by atoms with Crippen LogP contribution in [0.5, 0.6) is 0 Å². The highest BCUT2D eigenvalue weighted by Gasteiger charge is 2.24. The maximum atomic E-state index is 12.2. The van der Waals surface area contributed by atoms with E-state index in [0.29, 0.717) is 6.54 Å². The van der Waals surface area contributed by atoms with Crippen molar-refractivity contribution in [3.05, 3.63) is 88.7 Å². The SMILES string of the molecule is CN1CCN(c2ccc3c(c2)CN(c2ncc(Cc4ccc(-n5cccn5)cc4)s2)CC3)CC1=O. The van der Waals surface area contributed by atoms with Crippen molar-refractivity contribution in [2.75, 3.05) is 43.0 Å². The van der Waals surface area contributed by atoms with E-state index >= 15 is 0 Å². The van der Waals surface area contributed by atoms with Gasteiger partial charge < -0.3 is 14.7 Å². The Morgan fingerprint density at radius 1 is 0.943 bits per heavy atom. The zero-order valence-corrected chi connectivity index (χ0v) is 20.6. The molecule has 0 bridgehead atoms. The fraction of sp³-hybridized carbons (Fsp3) is 0.296. The minimum atomic E-state index is 0.182. The topological polar surface area (TPSA) is 57.5 Å². The predicted octanol–water partition coefficient (Wildman–Crippen LogP) is 3.76. The summed E-state index contributed by atoms with van der Waals surface area (Å²) in [6.45, 7) is 3.94. The fourth-order valence-corrected chi connectivity index (χ4v) is 5.77. The lowest BCUT2D eigenvalue weighted by atomic mass is 9.99. The second-order valence-corrected chi connectivity index (χ2v) is 10.4. The first-order valence-electron chi connectivity index (χ1n) is 12.0. The van der Waals surface area contributed by atoms with Crippen molar-refractivity contribution < 1.29 is 4.79 Å². The number of likely N-dealkylation sites (N-methyl/N-ethyl adjacent to an activating group) is 1. The van der Waals surface area contributed by atoms with E-state index in [1.54, 1.807) is 17.5 Å². The van der Waals surface area contributed by atoms with E-state index in [0.717, 1.165) is 55.5 Å². The van der Waals surface area contributed by atoms with Gasteiger partial charge in [-0.05, 0) is 53.4 Å². The summed E-state index contributed by atoms with van der Waals surface area (Å²) in [5, 5.41) is 5.38. The molecule has 178 valence electrons. The van der Waals surface area contributed by atoms with Crippen LogP contribution in [0.2, 0.25) is 0 Å². The molecule has 7 nitrogen and oxygen atoms in total. The standard InChI is InChI=1S/C27H28N6OS/c1-30-13-14-31(19-26(30)34)24-8-5-21-9-12-32(18-22(21)16-24)27-28-17-25(35-27)15-20-3-6-23(7-4-20)33-11-2-10-29-33/h2-8,10-11,16-17H,9,12-15,18-19H2,1H3. The number of carbonyl (C=O) groups is 1. The molecule has 0 spiro atoms. The number of nitrogens with zero attached hydrogens (tertiary/aromatic N) is 6. The van der Waals surface area contributed by atoms with Crippen LogP contribution in [0.3, 0.4) is 0 Å². The third kappa shape index (κ3) is 4.53. The summed E-state index contributed by atoms with van der Waals surface area (Å²) in [5.41, 5.74) is 6.22. The number of aromatic nitrogens is 3. The number of carbonyl (C=O) groups excluding carboxylic acids is 1. The zero-order valence-electron chi connectivity index (χ0n) is 19.8. The molecule has 4 heterocycles. The molecule has 0 N–H and O–H groups in total. The quantitative estimate of drug-likeness (QED) is 0.432. The number of fused-ring (bicyclic) bond motifs is 1. The summed E-state index contributed by atoms with van der Waals surface area (Å²) in [5.74, 6) is 0.182. The molecule has 0 radical (unpaired) electrons. The minimum Gasteiger partial charge on any atom is -0.360 e. The molecule has 0 saturated carbocycles. The summed E-state index contributed by atoms with van der Waals surface area (Å²) in [6.07, 6.45) is 7.65. The van der Waals surface area contributed by atoms with Gasteiger partial charge in [0.2, 0.25) is 5.91 Å². The maximum Gasteiger partial charge on any atom is 0.241 e. The van der Waals surface area contributed by atoms with E-state index in [1.807, 2.05) is 35.1 Å². The van der Waals surface area contributed by atoms with Gasteiger partial charge in [0.1, 0.15) is 0 Å². The number of thiazole rings is 1. The highest BCUT2D eigenvalue weighted by Crippen LogP contribution is 2.31. The van der Waals surface area contributed by atoms with Gasteiger partial charge in [0, 0.05) is 68.8 Å². The van der Waals surface area contributed by atoms with Crippen LogP contribution in [0, 0.1) is 0 Å². The van der Waals surface area contributed by atoms with Crippen molar-refractivity contribution in [2.24, 2.45) is 0 Å². The van der Waals surface area contributed by atoms with Crippen LogP contribution in [0.25, 0.3) is 5.69 Å². The van der Waals surface area contributed by atoms with Crippen molar-refractivity contribution in [3.63, 3.8) is 0 Å². The summed E-state index contributed by atoms with van der Waals surface area (Å²) in [4.78, 5) is 24.6. The smallest absolute Gasteiger partial charge is 0.241 e. The predicted molar refractivity (Wildman–Crippen MR) is 140 cm³/mol. The Labute approximate surface area is 209 Å². The van der Waals surface area contributed by atoms with Crippen molar-refractivity contribution >= 4 is 28.1 Å². The molecule has 0 atom stereocenters. The average Bonchev–Trinajstić information content (AvgIpc) is 3.58. The van der Waals surface area contributed by atoms with Crippen molar-refractivity contribution in [1.29, 1.82) is 0 Å². The molecule has 8 heteroatoms. The van der Waals surface area contributed by atoms with E-state index < -0.39 is 0 Å². The first kappa shape index (κ1) is 21.9. The molecule has 1 saturated heterocycles. The van der Waals surface area contributed by atoms with Crippen molar-refractivity contribution in [3.8, 4) is 5.69 Å². The molecule has 0 unspecified atom stereocenters. The van der Waals surface area contributed by atoms with E-state index in [9.17, 15) is 4.79 Å². The molecule has 2 aromatic carbocycles. The maximum absolute atomic E-state index is 12.2. The average molecular weight is 485 g/mol. The van der Waals surface area contributed by atoms with Gasteiger partial charge in [-0.2, -0.15) is 5.10 Å². The Morgan fingerprint density at radius 3 is 2.60 bits per heavy atom. The molecule has 1 amide bonds. The molecular formula is C27H28N6OS. The van der Waals surface area contributed by atoms with Gasteiger partial charge in [0.05, 0.1) is 12.2 Å². The summed E-state index contributed by atoms with van der Waals surface area (Å²) in [6, 6.07) is 17.2. The van der Waals surface area contributed by atoms with Crippen LogP contribution in [0.15, 0.2) is 67.1 Å². The minimum absolute atomic E-state index is 0.182. The van der Waals surface area contributed by atoms with Gasteiger partial charge in [0.15, 0.2) is 5.13 Å². The van der Waals surface area contributed by atoms with Gasteiger partial charge in [-0.25, -0.2) is 9.67 Å². The van der Waals surface area contributed by atoms with Gasteiger partial charge >= 0.3 is 0 Å². The largest absolute Gasteiger partial charge is 0.360 e. The normalized spacial score (nSPS) is 16.0. The zero-order chi connectivity index (χ0) is 23.8. The number of hydrogen-bond donors (Lipinski definition) is 0. The van der Waals surface area contributed by atoms with Crippen LogP contribution in [0.4, 0.5) is 10.8 Å². The second-order valence-electron chi connectivity index (χ2n) is 9.26. The van der Waals surface area contributed by atoms with Crippen LogP contribution in [-0.4, -0.2) is 58.8 Å². The Morgan fingerprint density at radius 2 is 1.80 bits per heavy atom. The first-order chi connectivity index (χ1) is 17.1. The Kier molecular flexibility index (Phi) is 5.74. The van der Waals surface area contributed by atoms with Crippen LogP contribution < -0.4 is 9.80 Å². The number of rotatable bonds is 5. The van der Waals surface area contributed by atoms with Crippen molar-refractivity contribution in [1.82, 2.24) is 19.7 Å². The van der Waals surface area contributed by atoms with E-state index in [-0.39, 0.29) is 5.91 Å². The number of hydrogen-bond acceptors (Lipinski definition) is 6. The number of amides is 1. The molecule has 2 aliphatic rings. The lowest BCUT2D eigenvalue weighted by Gasteiger charge is -2.35. The first-order valence-corrected chi connectivity index (χ1v) is 12.8. The van der Waals surface area contributed by atoms with E-state index in [2.05, 4.69) is 57.4 Å². The highest BCUT2D eigenvalue weighted by molar-refractivity contribution is 7.15. The Hall–Kier alpha value is -3.65. The van der Waals surface area contributed by atoms with E-state index in [1.165, 1.54) is 21.6 Å². The number of anilines is 2. The highest BCUT2D eigenvalue weighted by atomic mass is 32.1. The molecule has 2 aliphatic heterocycles. The van der Waals surface area contributed by atoms with Crippen LogP contribution >= 0.6 is 11.3 Å². The number of benzene rings is 2. The van der Waals surface area contributed by atoms with Crippen molar-refractivity contribution in [2.45, 2.75) is 19.4 Å². The molecular weight excluding hydrogens is 456 g/mol. The molecule has 4 aromatic rings. The van der Waals surface area contributed by atoms with Gasteiger partial charge in [0.25, 0.3) is 0 Å². The molecule has 35 heavy (non-hydrogen) atoms. The van der Waals surface area contributed by atoms with Gasteiger partial charge in [-0.3, -0.25) is 4.79 Å². The molecule has 0 aliphatic carbocycles. The second kappa shape index (κ2) is 9.19. The lowest BCUT2D eigenvalue weighted by Crippen LogP contribution is -2.48. The third-order valence-corrected chi connectivity index (χ3v) is 7.98. The van der Waals surface area contributed by atoms with Crippen LogP contribution in [-0.2, 0) is 24.2 Å². The number of piperazine rings is 1. The summed E-state index contributed by atoms with van der Waals surface area (Å²) in [7, 11) is 1.88. The Bertz CT molecular complexity index is 1330. The monoisotopic (exact) mass is 484 g/mol. The lowest BCUT2D eigenvalue weighted by molar-refractivity contribution is -0.129. The summed E-state index contributed by atoms with van der Waals surface area (Å²) >= 11 is 1.78. The van der Waals surface area contributed by atoms with Gasteiger partial charge in [-0.15, -0.1) is 11.3 Å². The van der Waals surface area contributed by atoms with E-state index in [4.69, 9.17) is 4.98 Å². The Balaban J connectivity index is 1.13. The molecule has 2 aromatic heterocycles.